The number of ether oxygens (including phenoxy) is 3. The van der Waals surface area contributed by atoms with E-state index in [1.54, 1.807) is 30.3 Å². The second-order valence-corrected chi connectivity index (χ2v) is 7.37. The molecular weight excluding hydrogens is 448 g/mol. The molecular formula is C27H22N2O6. The average molecular weight is 470 g/mol. The van der Waals surface area contributed by atoms with Gasteiger partial charge < -0.3 is 19.3 Å². The molecule has 1 amide bonds. The van der Waals surface area contributed by atoms with Gasteiger partial charge in [0.05, 0.1) is 31.6 Å². The van der Waals surface area contributed by atoms with Crippen LogP contribution in [0.4, 0.5) is 0 Å². The predicted molar refractivity (Wildman–Crippen MR) is 132 cm³/mol. The first-order valence-electron chi connectivity index (χ1n) is 10.6. The number of esters is 1. The van der Waals surface area contributed by atoms with Crippen molar-refractivity contribution >= 4 is 28.9 Å². The second-order valence-electron chi connectivity index (χ2n) is 7.37. The van der Waals surface area contributed by atoms with Gasteiger partial charge in [0.1, 0.15) is 11.5 Å². The van der Waals surface area contributed by atoms with Crippen LogP contribution in [0.3, 0.4) is 0 Å². The van der Waals surface area contributed by atoms with Gasteiger partial charge in [-0.3, -0.25) is 4.79 Å². The molecule has 0 aliphatic rings. The third kappa shape index (κ3) is 5.06. The fourth-order valence-corrected chi connectivity index (χ4v) is 3.50. The number of hydrogen-bond acceptors (Lipinski definition) is 7. The van der Waals surface area contributed by atoms with Crippen molar-refractivity contribution in [3.63, 3.8) is 0 Å². The lowest BCUT2D eigenvalue weighted by atomic mass is 10.0. The molecule has 0 saturated carbocycles. The smallest absolute Gasteiger partial charge is 0.343 e. The normalized spacial score (nSPS) is 10.8. The number of amides is 1. The summed E-state index contributed by atoms with van der Waals surface area (Å²) in [7, 11) is 2.99. The Kier molecular flexibility index (Phi) is 6.92. The van der Waals surface area contributed by atoms with Gasteiger partial charge in [-0.25, -0.2) is 10.2 Å². The van der Waals surface area contributed by atoms with Crippen molar-refractivity contribution in [2.24, 2.45) is 5.10 Å². The molecule has 0 aromatic heterocycles. The molecule has 0 aliphatic heterocycles. The molecule has 0 aliphatic carbocycles. The summed E-state index contributed by atoms with van der Waals surface area (Å²) in [4.78, 5) is 25.3. The van der Waals surface area contributed by atoms with Crippen molar-refractivity contribution in [1.82, 2.24) is 5.43 Å². The number of phenols is 1. The van der Waals surface area contributed by atoms with Crippen molar-refractivity contribution in [3.05, 3.63) is 95.6 Å². The standard InChI is InChI=1S/C27H22N2O6/c1-33-24-14-12-18(15-25(24)34-2)27(32)35-23-13-11-17-7-3-4-8-19(17)21(23)16-28-29-26(31)20-9-5-6-10-22(20)30/h3-16,30H,1-2H3,(H,29,31)/b28-16-. The molecule has 0 radical (unpaired) electrons. The van der Waals surface area contributed by atoms with Crippen molar-refractivity contribution in [3.8, 4) is 23.0 Å². The Morgan fingerprint density at radius 1 is 0.857 bits per heavy atom. The highest BCUT2D eigenvalue weighted by Gasteiger charge is 2.16. The number of aromatic hydroxyl groups is 1. The van der Waals surface area contributed by atoms with Gasteiger partial charge in [-0.1, -0.05) is 42.5 Å². The summed E-state index contributed by atoms with van der Waals surface area (Å²) in [6, 6.07) is 21.8. The third-order valence-electron chi connectivity index (χ3n) is 5.26. The number of hydrogen-bond donors (Lipinski definition) is 2. The van der Waals surface area contributed by atoms with Gasteiger partial charge in [0.25, 0.3) is 5.91 Å². The lowest BCUT2D eigenvalue weighted by molar-refractivity contribution is 0.0734. The summed E-state index contributed by atoms with van der Waals surface area (Å²) < 4.78 is 16.2. The van der Waals surface area contributed by atoms with E-state index < -0.39 is 11.9 Å². The summed E-state index contributed by atoms with van der Waals surface area (Å²) >= 11 is 0. The topological polar surface area (TPSA) is 106 Å². The molecule has 0 unspecified atom stereocenters. The van der Waals surface area contributed by atoms with Crippen LogP contribution < -0.4 is 19.6 Å². The van der Waals surface area contributed by atoms with E-state index in [0.717, 1.165) is 10.8 Å². The second kappa shape index (κ2) is 10.4. The van der Waals surface area contributed by atoms with E-state index in [1.165, 1.54) is 38.6 Å². The van der Waals surface area contributed by atoms with Crippen LogP contribution in [0.1, 0.15) is 26.3 Å². The first kappa shape index (κ1) is 23.3. The zero-order valence-electron chi connectivity index (χ0n) is 19.0. The Morgan fingerprint density at radius 3 is 2.34 bits per heavy atom. The van der Waals surface area contributed by atoms with Crippen molar-refractivity contribution in [2.45, 2.75) is 0 Å². The Balaban J connectivity index is 1.64. The van der Waals surface area contributed by atoms with E-state index in [1.807, 2.05) is 30.3 Å². The average Bonchev–Trinajstić information content (AvgIpc) is 2.89. The molecule has 0 saturated heterocycles. The fourth-order valence-electron chi connectivity index (χ4n) is 3.50. The Labute approximate surface area is 201 Å². The number of para-hydroxylation sites is 1. The van der Waals surface area contributed by atoms with E-state index in [2.05, 4.69) is 10.5 Å². The molecule has 0 bridgehead atoms. The van der Waals surface area contributed by atoms with Crippen LogP contribution in [-0.2, 0) is 0 Å². The molecule has 35 heavy (non-hydrogen) atoms. The summed E-state index contributed by atoms with van der Waals surface area (Å²) in [6.45, 7) is 0. The number of carbonyl (C=O) groups is 2. The Morgan fingerprint density at radius 2 is 1.57 bits per heavy atom. The number of benzene rings is 4. The van der Waals surface area contributed by atoms with Crippen LogP contribution in [0.5, 0.6) is 23.0 Å². The van der Waals surface area contributed by atoms with Crippen LogP contribution in [0.15, 0.2) is 84.0 Å². The van der Waals surface area contributed by atoms with Gasteiger partial charge in [-0.2, -0.15) is 5.10 Å². The van der Waals surface area contributed by atoms with Gasteiger partial charge in [0, 0.05) is 5.56 Å². The SMILES string of the molecule is COc1ccc(C(=O)Oc2ccc3ccccc3c2/C=N\NC(=O)c2ccccc2O)cc1OC. The van der Waals surface area contributed by atoms with Gasteiger partial charge >= 0.3 is 5.97 Å². The van der Waals surface area contributed by atoms with Crippen LogP contribution in [-0.4, -0.2) is 37.4 Å². The maximum absolute atomic E-state index is 12.9. The molecule has 4 aromatic carbocycles. The molecule has 8 heteroatoms. The monoisotopic (exact) mass is 470 g/mol. The van der Waals surface area contributed by atoms with Gasteiger partial charge in [-0.15, -0.1) is 0 Å². The molecule has 4 aromatic rings. The molecule has 176 valence electrons. The molecule has 0 atom stereocenters. The van der Waals surface area contributed by atoms with Crippen LogP contribution in [0.25, 0.3) is 10.8 Å². The number of nitrogens with one attached hydrogen (secondary N) is 1. The van der Waals surface area contributed by atoms with Crippen molar-refractivity contribution in [1.29, 1.82) is 0 Å². The van der Waals surface area contributed by atoms with Gasteiger partial charge in [-0.05, 0) is 47.2 Å². The number of carbonyl (C=O) groups excluding carboxylic acids is 2. The van der Waals surface area contributed by atoms with E-state index in [0.29, 0.717) is 17.1 Å². The summed E-state index contributed by atoms with van der Waals surface area (Å²) in [5.41, 5.74) is 3.24. The maximum atomic E-state index is 12.9. The number of hydrazone groups is 1. The number of methoxy groups -OCH3 is 2. The first-order valence-corrected chi connectivity index (χ1v) is 10.6. The fraction of sp³-hybridized carbons (Fsp3) is 0.0741. The third-order valence-corrected chi connectivity index (χ3v) is 5.26. The first-order chi connectivity index (χ1) is 17.0. The highest BCUT2D eigenvalue weighted by atomic mass is 16.5. The lowest BCUT2D eigenvalue weighted by Crippen LogP contribution is -2.18. The number of nitrogens with zero attached hydrogens (tertiary/aromatic N) is 1. The molecule has 0 spiro atoms. The van der Waals surface area contributed by atoms with Crippen LogP contribution >= 0.6 is 0 Å². The lowest BCUT2D eigenvalue weighted by Gasteiger charge is -2.12. The molecule has 0 fully saturated rings. The Hall–Kier alpha value is -4.85. The van der Waals surface area contributed by atoms with E-state index in [-0.39, 0.29) is 22.6 Å². The zero-order chi connectivity index (χ0) is 24.8. The maximum Gasteiger partial charge on any atom is 0.343 e. The van der Waals surface area contributed by atoms with Crippen molar-refractivity contribution in [2.75, 3.05) is 14.2 Å². The van der Waals surface area contributed by atoms with Crippen LogP contribution in [0, 0.1) is 0 Å². The summed E-state index contributed by atoms with van der Waals surface area (Å²) in [6.07, 6.45) is 1.40. The summed E-state index contributed by atoms with van der Waals surface area (Å²) in [5, 5.41) is 15.6. The quantitative estimate of drug-likeness (QED) is 0.178. The molecule has 4 rings (SSSR count). The summed E-state index contributed by atoms with van der Waals surface area (Å²) in [5.74, 6) is -0.201. The van der Waals surface area contributed by atoms with E-state index in [9.17, 15) is 14.7 Å². The van der Waals surface area contributed by atoms with Gasteiger partial charge in [0.2, 0.25) is 0 Å². The zero-order valence-corrected chi connectivity index (χ0v) is 19.0. The molecule has 8 nitrogen and oxygen atoms in total. The van der Waals surface area contributed by atoms with Crippen LogP contribution in [0.2, 0.25) is 0 Å². The minimum atomic E-state index is -0.603. The largest absolute Gasteiger partial charge is 0.507 e. The number of phenolic OH excluding ortho intramolecular Hbond substituents is 1. The predicted octanol–water partition coefficient (Wildman–Crippen LogP) is 4.55. The Bertz CT molecular complexity index is 1430. The number of fused-ring (bicyclic) bond motifs is 1. The minimum Gasteiger partial charge on any atom is -0.507 e. The highest BCUT2D eigenvalue weighted by molar-refractivity contribution is 6.04. The van der Waals surface area contributed by atoms with Gasteiger partial charge in [0.15, 0.2) is 11.5 Å². The molecule has 0 heterocycles. The highest BCUT2D eigenvalue weighted by Crippen LogP contribution is 2.30. The molecule has 2 N–H and O–H groups in total. The number of rotatable bonds is 7. The minimum absolute atomic E-state index is 0.0858. The van der Waals surface area contributed by atoms with Crippen molar-refractivity contribution < 1.29 is 28.9 Å². The van der Waals surface area contributed by atoms with E-state index >= 15 is 0 Å². The van der Waals surface area contributed by atoms with E-state index in [4.69, 9.17) is 14.2 Å².